The molecule has 1 amide bonds. The predicted molar refractivity (Wildman–Crippen MR) is 88.3 cm³/mol. The normalized spacial score (nSPS) is 20.0. The largest absolute Gasteiger partial charge is 0.481 e. The standard InChI is InChI=1S/C15H20N2O5S2/c18-12(16-10-15(5-6-15)14(19)20)9-11-3-4-13(23-11)24(21,22)17-7-1-2-8-17/h3-4H,1-2,5-10H2,(H,16,18)(H,19,20). The fourth-order valence-corrected chi connectivity index (χ4v) is 5.78. The van der Waals surface area contributed by atoms with Gasteiger partial charge in [-0.05, 0) is 37.8 Å². The third-order valence-corrected chi connectivity index (χ3v) is 8.01. The van der Waals surface area contributed by atoms with Crippen molar-refractivity contribution in [1.82, 2.24) is 9.62 Å². The molecule has 0 atom stereocenters. The summed E-state index contributed by atoms with van der Waals surface area (Å²) < 4.78 is 26.6. The van der Waals surface area contributed by atoms with Crippen LogP contribution in [0.5, 0.6) is 0 Å². The zero-order valence-electron chi connectivity index (χ0n) is 13.2. The number of carboxylic acids is 1. The maximum atomic E-state index is 12.4. The summed E-state index contributed by atoms with van der Waals surface area (Å²) >= 11 is 1.10. The van der Waals surface area contributed by atoms with Crippen LogP contribution < -0.4 is 5.32 Å². The van der Waals surface area contributed by atoms with Crippen molar-refractivity contribution in [2.24, 2.45) is 5.41 Å². The van der Waals surface area contributed by atoms with Crippen molar-refractivity contribution >= 4 is 33.2 Å². The second kappa shape index (κ2) is 6.45. The molecule has 2 N–H and O–H groups in total. The van der Waals surface area contributed by atoms with Crippen molar-refractivity contribution in [3.05, 3.63) is 17.0 Å². The summed E-state index contributed by atoms with van der Waals surface area (Å²) in [5, 5.41) is 11.7. The van der Waals surface area contributed by atoms with Gasteiger partial charge in [-0.1, -0.05) is 0 Å². The van der Waals surface area contributed by atoms with Gasteiger partial charge in [-0.2, -0.15) is 4.31 Å². The Morgan fingerprint density at radius 3 is 2.50 bits per heavy atom. The molecule has 0 unspecified atom stereocenters. The second-order valence-corrected chi connectivity index (χ2v) is 9.70. The SMILES string of the molecule is O=C(Cc1ccc(S(=O)(=O)N2CCCC2)s1)NCC1(C(=O)O)CC1. The Kier molecular flexibility index (Phi) is 4.67. The summed E-state index contributed by atoms with van der Waals surface area (Å²) in [6.45, 7) is 1.23. The van der Waals surface area contributed by atoms with Crippen LogP contribution in [0.25, 0.3) is 0 Å². The van der Waals surface area contributed by atoms with Gasteiger partial charge in [0.15, 0.2) is 0 Å². The number of nitrogens with one attached hydrogen (secondary N) is 1. The van der Waals surface area contributed by atoms with Crippen LogP contribution in [0.15, 0.2) is 16.3 Å². The first-order valence-electron chi connectivity index (χ1n) is 7.92. The summed E-state index contributed by atoms with van der Waals surface area (Å²) in [4.78, 5) is 23.7. The first-order valence-corrected chi connectivity index (χ1v) is 10.2. The molecular weight excluding hydrogens is 352 g/mol. The van der Waals surface area contributed by atoms with Crippen molar-refractivity contribution in [2.75, 3.05) is 19.6 Å². The Morgan fingerprint density at radius 1 is 1.25 bits per heavy atom. The predicted octanol–water partition coefficient (Wildman–Crippen LogP) is 1.06. The number of hydrogen-bond acceptors (Lipinski definition) is 5. The van der Waals surface area contributed by atoms with Crippen LogP contribution in [-0.4, -0.2) is 49.3 Å². The van der Waals surface area contributed by atoms with Crippen LogP contribution in [0, 0.1) is 5.41 Å². The molecule has 2 heterocycles. The number of amides is 1. The Hall–Kier alpha value is -1.45. The molecule has 7 nitrogen and oxygen atoms in total. The van der Waals surface area contributed by atoms with Gasteiger partial charge in [-0.3, -0.25) is 9.59 Å². The van der Waals surface area contributed by atoms with Crippen molar-refractivity contribution in [2.45, 2.75) is 36.3 Å². The number of nitrogens with zero attached hydrogens (tertiary/aromatic N) is 1. The van der Waals surface area contributed by atoms with E-state index in [4.69, 9.17) is 5.11 Å². The Labute approximate surface area is 144 Å². The fourth-order valence-electron chi connectivity index (χ4n) is 2.75. The minimum atomic E-state index is -3.45. The second-order valence-electron chi connectivity index (χ2n) is 6.37. The van der Waals surface area contributed by atoms with E-state index in [2.05, 4.69) is 5.32 Å². The van der Waals surface area contributed by atoms with Crippen LogP contribution in [0.3, 0.4) is 0 Å². The molecular formula is C15H20N2O5S2. The van der Waals surface area contributed by atoms with Crippen LogP contribution >= 0.6 is 11.3 Å². The van der Waals surface area contributed by atoms with Crippen molar-refractivity contribution in [3.63, 3.8) is 0 Å². The molecule has 0 spiro atoms. The van der Waals surface area contributed by atoms with Crippen LogP contribution in [-0.2, 0) is 26.0 Å². The number of hydrogen-bond donors (Lipinski definition) is 2. The average Bonchev–Trinajstić information content (AvgIpc) is 2.94. The monoisotopic (exact) mass is 372 g/mol. The quantitative estimate of drug-likeness (QED) is 0.745. The molecule has 2 aliphatic rings. The number of thiophene rings is 1. The molecule has 132 valence electrons. The Balaban J connectivity index is 1.58. The van der Waals surface area contributed by atoms with E-state index < -0.39 is 21.4 Å². The molecule has 2 fully saturated rings. The zero-order chi connectivity index (χ0) is 17.4. The van der Waals surface area contributed by atoms with Crippen molar-refractivity contribution in [1.29, 1.82) is 0 Å². The fraction of sp³-hybridized carbons (Fsp3) is 0.600. The third kappa shape index (κ3) is 3.47. The van der Waals surface area contributed by atoms with Gasteiger partial charge in [0.1, 0.15) is 4.21 Å². The van der Waals surface area contributed by atoms with E-state index in [0.717, 1.165) is 24.2 Å². The number of aliphatic carboxylic acids is 1. The molecule has 1 aromatic heterocycles. The highest BCUT2D eigenvalue weighted by Crippen LogP contribution is 2.45. The number of carbonyl (C=O) groups is 2. The van der Waals surface area contributed by atoms with Crippen LogP contribution in [0.4, 0.5) is 0 Å². The maximum Gasteiger partial charge on any atom is 0.311 e. The van der Waals surface area contributed by atoms with Gasteiger partial charge in [-0.15, -0.1) is 11.3 Å². The van der Waals surface area contributed by atoms with Gasteiger partial charge in [0, 0.05) is 24.5 Å². The minimum Gasteiger partial charge on any atom is -0.481 e. The van der Waals surface area contributed by atoms with E-state index in [1.54, 1.807) is 12.1 Å². The van der Waals surface area contributed by atoms with Gasteiger partial charge >= 0.3 is 5.97 Å². The Bertz CT molecular complexity index is 746. The van der Waals surface area contributed by atoms with Crippen molar-refractivity contribution < 1.29 is 23.1 Å². The topological polar surface area (TPSA) is 104 Å². The van der Waals surface area contributed by atoms with Gasteiger partial charge in [-0.25, -0.2) is 8.42 Å². The van der Waals surface area contributed by atoms with Gasteiger partial charge in [0.25, 0.3) is 10.0 Å². The lowest BCUT2D eigenvalue weighted by Crippen LogP contribution is -2.34. The molecule has 0 aromatic carbocycles. The summed E-state index contributed by atoms with van der Waals surface area (Å²) in [6.07, 6.45) is 2.99. The molecule has 0 bridgehead atoms. The molecule has 1 aliphatic heterocycles. The maximum absolute atomic E-state index is 12.4. The van der Waals surface area contributed by atoms with Gasteiger partial charge in [0.05, 0.1) is 11.8 Å². The minimum absolute atomic E-state index is 0.0654. The molecule has 1 saturated carbocycles. The lowest BCUT2D eigenvalue weighted by molar-refractivity contribution is -0.143. The Morgan fingerprint density at radius 2 is 1.92 bits per heavy atom. The number of carbonyl (C=O) groups excluding carboxylic acids is 1. The molecule has 1 aromatic rings. The van der Waals surface area contributed by atoms with Gasteiger partial charge in [0.2, 0.25) is 5.91 Å². The van der Waals surface area contributed by atoms with E-state index in [1.807, 2.05) is 0 Å². The van der Waals surface area contributed by atoms with Gasteiger partial charge < -0.3 is 10.4 Å². The van der Waals surface area contributed by atoms with E-state index in [9.17, 15) is 18.0 Å². The first-order chi connectivity index (χ1) is 11.3. The molecule has 3 rings (SSSR count). The summed E-state index contributed by atoms with van der Waals surface area (Å²) in [6, 6.07) is 3.19. The molecule has 1 aliphatic carbocycles. The van der Waals surface area contributed by atoms with Crippen LogP contribution in [0.2, 0.25) is 0 Å². The highest BCUT2D eigenvalue weighted by atomic mass is 32.2. The average molecular weight is 372 g/mol. The summed E-state index contributed by atoms with van der Waals surface area (Å²) in [7, 11) is -3.45. The molecule has 9 heteroatoms. The van der Waals surface area contributed by atoms with E-state index in [1.165, 1.54) is 4.31 Å². The number of rotatable bonds is 7. The lowest BCUT2D eigenvalue weighted by atomic mass is 10.1. The van der Waals surface area contributed by atoms with E-state index in [-0.39, 0.29) is 23.1 Å². The van der Waals surface area contributed by atoms with Crippen molar-refractivity contribution in [3.8, 4) is 0 Å². The molecule has 1 saturated heterocycles. The summed E-state index contributed by atoms with van der Waals surface area (Å²) in [5.74, 6) is -1.16. The van der Waals surface area contributed by atoms with Crippen LogP contribution in [0.1, 0.15) is 30.6 Å². The lowest BCUT2D eigenvalue weighted by Gasteiger charge is -2.13. The highest BCUT2D eigenvalue weighted by molar-refractivity contribution is 7.91. The summed E-state index contributed by atoms with van der Waals surface area (Å²) in [5.41, 5.74) is -0.796. The zero-order valence-corrected chi connectivity index (χ0v) is 14.8. The van der Waals surface area contributed by atoms with E-state index >= 15 is 0 Å². The number of sulfonamides is 1. The molecule has 24 heavy (non-hydrogen) atoms. The highest BCUT2D eigenvalue weighted by Gasteiger charge is 2.50. The number of carboxylic acid groups (broad SMARTS) is 1. The first kappa shape index (κ1) is 17.4. The third-order valence-electron chi connectivity index (χ3n) is 4.56. The molecule has 0 radical (unpaired) electrons. The smallest absolute Gasteiger partial charge is 0.311 e. The van der Waals surface area contributed by atoms with E-state index in [0.29, 0.717) is 30.8 Å².